The van der Waals surface area contributed by atoms with E-state index in [0.717, 1.165) is 16.6 Å². The van der Waals surface area contributed by atoms with Gasteiger partial charge in [0.15, 0.2) is 0 Å². The molecule has 0 aliphatic rings. The van der Waals surface area contributed by atoms with Crippen molar-refractivity contribution in [2.24, 2.45) is 5.10 Å². The first-order valence-electron chi connectivity index (χ1n) is 9.14. The van der Waals surface area contributed by atoms with Crippen molar-refractivity contribution >= 4 is 56.7 Å². The third kappa shape index (κ3) is 6.31. The minimum atomic E-state index is -3.91. The fourth-order valence-electron chi connectivity index (χ4n) is 2.75. The first kappa shape index (κ1) is 24.2. The number of furan rings is 1. The molecule has 0 fully saturated rings. The number of amides is 1. The lowest BCUT2D eigenvalue weighted by atomic mass is 10.2. The van der Waals surface area contributed by atoms with Gasteiger partial charge in [-0.05, 0) is 36.4 Å². The van der Waals surface area contributed by atoms with Crippen LogP contribution in [0.15, 0.2) is 64.1 Å². The standard InChI is InChI=1S/C20H16Cl2N4O6S/c1-33(30,31)25(14-3-2-4-15(10-14)26(28)29)12-20(27)24-23-11-16-6-8-19(32-16)17-7-5-13(21)9-18(17)22/h2-11H,12H2,1H3,(H,24,27)/b23-11-. The fraction of sp³-hybridized carbons (Fsp3) is 0.100. The van der Waals surface area contributed by atoms with Crippen LogP contribution in [0, 0.1) is 10.1 Å². The van der Waals surface area contributed by atoms with Crippen molar-refractivity contribution in [2.45, 2.75) is 0 Å². The average Bonchev–Trinajstić information content (AvgIpc) is 3.19. The van der Waals surface area contributed by atoms with Crippen molar-refractivity contribution in [3.63, 3.8) is 0 Å². The highest BCUT2D eigenvalue weighted by Gasteiger charge is 2.22. The molecule has 0 spiro atoms. The molecule has 0 radical (unpaired) electrons. The van der Waals surface area contributed by atoms with Gasteiger partial charge in [-0.1, -0.05) is 29.3 Å². The van der Waals surface area contributed by atoms with Crippen LogP contribution in [0.25, 0.3) is 11.3 Å². The second-order valence-electron chi connectivity index (χ2n) is 6.67. The van der Waals surface area contributed by atoms with Crippen LogP contribution in [0.3, 0.4) is 0 Å². The number of nitro groups is 1. The van der Waals surface area contributed by atoms with Crippen LogP contribution in [-0.4, -0.2) is 38.3 Å². The van der Waals surface area contributed by atoms with E-state index in [1.807, 2.05) is 0 Å². The summed E-state index contributed by atoms with van der Waals surface area (Å²) in [4.78, 5) is 22.6. The lowest BCUT2D eigenvalue weighted by Crippen LogP contribution is -2.39. The van der Waals surface area contributed by atoms with Gasteiger partial charge in [0.25, 0.3) is 11.6 Å². The van der Waals surface area contributed by atoms with Crippen molar-refractivity contribution in [1.82, 2.24) is 5.43 Å². The molecule has 0 atom stereocenters. The van der Waals surface area contributed by atoms with Gasteiger partial charge in [-0.3, -0.25) is 19.2 Å². The summed E-state index contributed by atoms with van der Waals surface area (Å²) in [5.41, 5.74) is 2.47. The number of nitrogens with one attached hydrogen (secondary N) is 1. The number of carbonyl (C=O) groups is 1. The molecule has 0 aliphatic carbocycles. The Morgan fingerprint density at radius 3 is 2.64 bits per heavy atom. The van der Waals surface area contributed by atoms with Crippen LogP contribution < -0.4 is 9.73 Å². The smallest absolute Gasteiger partial charge is 0.271 e. The highest BCUT2D eigenvalue weighted by molar-refractivity contribution is 7.92. The molecule has 172 valence electrons. The third-order valence-corrected chi connectivity index (χ3v) is 5.91. The Kier molecular flexibility index (Phi) is 7.36. The highest BCUT2D eigenvalue weighted by Crippen LogP contribution is 2.31. The fourth-order valence-corrected chi connectivity index (χ4v) is 4.10. The summed E-state index contributed by atoms with van der Waals surface area (Å²) >= 11 is 12.0. The van der Waals surface area contributed by atoms with Gasteiger partial charge < -0.3 is 4.42 Å². The van der Waals surface area contributed by atoms with Gasteiger partial charge in [0, 0.05) is 22.7 Å². The van der Waals surface area contributed by atoms with Gasteiger partial charge in [0.2, 0.25) is 10.0 Å². The van der Waals surface area contributed by atoms with Crippen LogP contribution in [0.4, 0.5) is 11.4 Å². The van der Waals surface area contributed by atoms with Crippen molar-refractivity contribution in [2.75, 3.05) is 17.1 Å². The molecule has 0 bridgehead atoms. The summed E-state index contributed by atoms with van der Waals surface area (Å²) in [7, 11) is -3.91. The van der Waals surface area contributed by atoms with E-state index in [-0.39, 0.29) is 11.4 Å². The van der Waals surface area contributed by atoms with E-state index in [1.165, 1.54) is 24.4 Å². The Balaban J connectivity index is 1.69. The molecule has 0 saturated heterocycles. The molecule has 0 aliphatic heterocycles. The van der Waals surface area contributed by atoms with E-state index in [0.29, 0.717) is 27.1 Å². The minimum absolute atomic E-state index is 0.0265. The lowest BCUT2D eigenvalue weighted by Gasteiger charge is -2.21. The maximum Gasteiger partial charge on any atom is 0.271 e. The Bertz CT molecular complexity index is 1340. The zero-order valence-corrected chi connectivity index (χ0v) is 19.3. The Morgan fingerprint density at radius 2 is 1.97 bits per heavy atom. The van der Waals surface area contributed by atoms with Crippen molar-refractivity contribution in [3.05, 3.63) is 80.5 Å². The topological polar surface area (TPSA) is 135 Å². The second-order valence-corrected chi connectivity index (χ2v) is 9.42. The minimum Gasteiger partial charge on any atom is -0.455 e. The number of sulfonamides is 1. The van der Waals surface area contributed by atoms with Gasteiger partial charge in [-0.15, -0.1) is 0 Å². The number of hydrazone groups is 1. The molecule has 33 heavy (non-hydrogen) atoms. The number of nitrogens with zero attached hydrogens (tertiary/aromatic N) is 3. The molecule has 0 saturated carbocycles. The number of benzene rings is 2. The maximum atomic E-state index is 12.3. The summed E-state index contributed by atoms with van der Waals surface area (Å²) in [6.07, 6.45) is 2.11. The van der Waals surface area contributed by atoms with Crippen LogP contribution in [0.2, 0.25) is 10.0 Å². The predicted molar refractivity (Wildman–Crippen MR) is 125 cm³/mol. The molecule has 1 N–H and O–H groups in total. The second kappa shape index (κ2) is 10.0. The number of anilines is 1. The molecule has 1 heterocycles. The van der Waals surface area contributed by atoms with E-state index in [2.05, 4.69) is 10.5 Å². The van der Waals surface area contributed by atoms with Crippen LogP contribution >= 0.6 is 23.2 Å². The first-order valence-corrected chi connectivity index (χ1v) is 11.7. The monoisotopic (exact) mass is 510 g/mol. The molecular weight excluding hydrogens is 495 g/mol. The molecular formula is C20H16Cl2N4O6S. The summed E-state index contributed by atoms with van der Waals surface area (Å²) in [5.74, 6) is -0.0101. The average molecular weight is 511 g/mol. The van der Waals surface area contributed by atoms with Crippen LogP contribution in [0.5, 0.6) is 0 Å². The van der Waals surface area contributed by atoms with Crippen LogP contribution in [-0.2, 0) is 14.8 Å². The number of carbonyl (C=O) groups excluding carboxylic acids is 1. The maximum absolute atomic E-state index is 12.3. The highest BCUT2D eigenvalue weighted by atomic mass is 35.5. The molecule has 2 aromatic carbocycles. The van der Waals surface area contributed by atoms with Gasteiger partial charge >= 0.3 is 0 Å². The van der Waals surface area contributed by atoms with E-state index >= 15 is 0 Å². The molecule has 0 unspecified atom stereocenters. The van der Waals surface area contributed by atoms with Crippen molar-refractivity contribution in [1.29, 1.82) is 0 Å². The Hall–Kier alpha value is -3.41. The molecule has 10 nitrogen and oxygen atoms in total. The zero-order valence-electron chi connectivity index (χ0n) is 16.9. The normalized spacial score (nSPS) is 11.5. The molecule has 1 aromatic heterocycles. The number of hydrogen-bond donors (Lipinski definition) is 1. The Labute approximate surface area is 198 Å². The lowest BCUT2D eigenvalue weighted by molar-refractivity contribution is -0.384. The molecule has 3 rings (SSSR count). The molecule has 3 aromatic rings. The van der Waals surface area contributed by atoms with Crippen molar-refractivity contribution in [3.8, 4) is 11.3 Å². The van der Waals surface area contributed by atoms with Gasteiger partial charge in [0.1, 0.15) is 18.1 Å². The predicted octanol–water partition coefficient (Wildman–Crippen LogP) is 4.08. The number of non-ortho nitro benzene ring substituents is 1. The zero-order chi connectivity index (χ0) is 24.2. The SMILES string of the molecule is CS(=O)(=O)N(CC(=O)N/N=C\c1ccc(-c2ccc(Cl)cc2Cl)o1)c1cccc([N+](=O)[O-])c1. The summed E-state index contributed by atoms with van der Waals surface area (Å²) < 4.78 is 30.6. The number of halogens is 2. The number of hydrogen-bond acceptors (Lipinski definition) is 7. The number of rotatable bonds is 8. The van der Waals surface area contributed by atoms with Gasteiger partial charge in [0.05, 0.1) is 28.1 Å². The quantitative estimate of drug-likeness (QED) is 0.275. The van der Waals surface area contributed by atoms with Crippen molar-refractivity contribution < 1.29 is 22.6 Å². The van der Waals surface area contributed by atoms with E-state index < -0.39 is 27.4 Å². The summed E-state index contributed by atoms with van der Waals surface area (Å²) in [6, 6.07) is 13.1. The van der Waals surface area contributed by atoms with Gasteiger partial charge in [-0.2, -0.15) is 5.10 Å². The first-order chi connectivity index (χ1) is 15.5. The van der Waals surface area contributed by atoms with Crippen LogP contribution in [0.1, 0.15) is 5.76 Å². The molecule has 1 amide bonds. The largest absolute Gasteiger partial charge is 0.455 e. The third-order valence-electron chi connectivity index (χ3n) is 4.22. The van der Waals surface area contributed by atoms with E-state index in [4.69, 9.17) is 27.6 Å². The van der Waals surface area contributed by atoms with E-state index in [1.54, 1.807) is 30.3 Å². The number of nitro benzene ring substituents is 1. The summed E-state index contributed by atoms with van der Waals surface area (Å²) in [5, 5.41) is 15.6. The van der Waals surface area contributed by atoms with Gasteiger partial charge in [-0.25, -0.2) is 13.8 Å². The van der Waals surface area contributed by atoms with E-state index in [9.17, 15) is 23.3 Å². The molecule has 13 heteroatoms. The summed E-state index contributed by atoms with van der Waals surface area (Å²) in [6.45, 7) is -0.638. The Morgan fingerprint density at radius 1 is 1.21 bits per heavy atom.